The zero-order valence-corrected chi connectivity index (χ0v) is 14.0. The zero-order chi connectivity index (χ0) is 17.1. The van der Waals surface area contributed by atoms with Crippen LogP contribution in [0.25, 0.3) is 22.4 Å². The summed E-state index contributed by atoms with van der Waals surface area (Å²) in [6, 6.07) is 20.7. The SMILES string of the molecule is Nc1nc(-c2ccccc2-c2ccccc2)cc(N2CCNCC2)n1. The van der Waals surface area contributed by atoms with Crippen molar-refractivity contribution in [3.63, 3.8) is 0 Å². The topological polar surface area (TPSA) is 67.1 Å². The molecule has 1 saturated heterocycles. The molecule has 0 radical (unpaired) electrons. The Hall–Kier alpha value is -2.92. The fraction of sp³-hybridized carbons (Fsp3) is 0.200. The van der Waals surface area contributed by atoms with E-state index in [0.29, 0.717) is 5.95 Å². The number of anilines is 2. The van der Waals surface area contributed by atoms with Gasteiger partial charge in [-0.15, -0.1) is 0 Å². The molecule has 0 saturated carbocycles. The molecule has 25 heavy (non-hydrogen) atoms. The van der Waals surface area contributed by atoms with Crippen LogP contribution in [0, 0.1) is 0 Å². The van der Waals surface area contributed by atoms with Gasteiger partial charge in [-0.25, -0.2) is 4.98 Å². The van der Waals surface area contributed by atoms with Crippen molar-refractivity contribution in [1.29, 1.82) is 0 Å². The van der Waals surface area contributed by atoms with Gasteiger partial charge in [0.2, 0.25) is 5.95 Å². The molecule has 0 bridgehead atoms. The van der Waals surface area contributed by atoms with E-state index in [1.54, 1.807) is 0 Å². The number of nitrogens with zero attached hydrogens (tertiary/aromatic N) is 3. The number of nitrogen functional groups attached to an aromatic ring is 1. The number of aromatic nitrogens is 2. The Kier molecular flexibility index (Phi) is 4.31. The Labute approximate surface area is 147 Å². The standard InChI is InChI=1S/C20H21N5/c21-20-23-18(14-19(24-20)25-12-10-22-11-13-25)17-9-5-4-8-16(17)15-6-2-1-3-7-15/h1-9,14,22H,10-13H2,(H2,21,23,24). The lowest BCUT2D eigenvalue weighted by molar-refractivity contribution is 0.585. The Balaban J connectivity index is 1.79. The lowest BCUT2D eigenvalue weighted by Gasteiger charge is -2.28. The molecule has 5 nitrogen and oxygen atoms in total. The van der Waals surface area contributed by atoms with Gasteiger partial charge in [0.25, 0.3) is 0 Å². The monoisotopic (exact) mass is 331 g/mol. The van der Waals surface area contributed by atoms with E-state index in [4.69, 9.17) is 5.73 Å². The Morgan fingerprint density at radius 1 is 0.840 bits per heavy atom. The van der Waals surface area contributed by atoms with Gasteiger partial charge in [0, 0.05) is 37.8 Å². The van der Waals surface area contributed by atoms with E-state index in [2.05, 4.69) is 44.5 Å². The van der Waals surface area contributed by atoms with Crippen LogP contribution >= 0.6 is 0 Å². The lowest BCUT2D eigenvalue weighted by atomic mass is 9.97. The van der Waals surface area contributed by atoms with Gasteiger partial charge in [0.1, 0.15) is 5.82 Å². The van der Waals surface area contributed by atoms with Crippen LogP contribution in [0.15, 0.2) is 60.7 Å². The van der Waals surface area contributed by atoms with Gasteiger partial charge in [-0.3, -0.25) is 0 Å². The fourth-order valence-corrected chi connectivity index (χ4v) is 3.22. The smallest absolute Gasteiger partial charge is 0.222 e. The molecular weight excluding hydrogens is 310 g/mol. The van der Waals surface area contributed by atoms with E-state index in [1.807, 2.05) is 36.4 Å². The van der Waals surface area contributed by atoms with Gasteiger partial charge in [0.05, 0.1) is 5.69 Å². The first-order valence-corrected chi connectivity index (χ1v) is 8.56. The Morgan fingerprint density at radius 2 is 1.52 bits per heavy atom. The number of piperazine rings is 1. The molecular formula is C20H21N5. The highest BCUT2D eigenvalue weighted by Gasteiger charge is 2.16. The van der Waals surface area contributed by atoms with Gasteiger partial charge in [-0.05, 0) is 11.1 Å². The minimum Gasteiger partial charge on any atom is -0.368 e. The van der Waals surface area contributed by atoms with Crippen molar-refractivity contribution in [2.45, 2.75) is 0 Å². The summed E-state index contributed by atoms with van der Waals surface area (Å²) in [5.41, 5.74) is 10.3. The molecule has 3 aromatic rings. The van der Waals surface area contributed by atoms with Crippen LogP contribution in [-0.2, 0) is 0 Å². The third-order valence-electron chi connectivity index (χ3n) is 4.46. The number of nitrogens with two attached hydrogens (primary N) is 1. The van der Waals surface area contributed by atoms with E-state index < -0.39 is 0 Å². The molecule has 1 aromatic heterocycles. The van der Waals surface area contributed by atoms with E-state index in [1.165, 1.54) is 5.56 Å². The average Bonchev–Trinajstić information content (AvgIpc) is 2.69. The summed E-state index contributed by atoms with van der Waals surface area (Å²) in [5.74, 6) is 1.21. The summed E-state index contributed by atoms with van der Waals surface area (Å²) in [6.45, 7) is 3.77. The molecule has 0 amide bonds. The molecule has 2 aromatic carbocycles. The van der Waals surface area contributed by atoms with Crippen LogP contribution in [0.1, 0.15) is 0 Å². The van der Waals surface area contributed by atoms with Crippen LogP contribution in [0.2, 0.25) is 0 Å². The van der Waals surface area contributed by atoms with E-state index in [9.17, 15) is 0 Å². The number of nitrogens with one attached hydrogen (secondary N) is 1. The van der Waals surface area contributed by atoms with E-state index >= 15 is 0 Å². The second-order valence-corrected chi connectivity index (χ2v) is 6.12. The van der Waals surface area contributed by atoms with Crippen LogP contribution in [0.3, 0.4) is 0 Å². The summed E-state index contributed by atoms with van der Waals surface area (Å²) in [7, 11) is 0. The highest BCUT2D eigenvalue weighted by Crippen LogP contribution is 2.32. The van der Waals surface area contributed by atoms with Crippen LogP contribution < -0.4 is 16.0 Å². The van der Waals surface area contributed by atoms with E-state index in [-0.39, 0.29) is 0 Å². The third kappa shape index (κ3) is 3.32. The summed E-state index contributed by atoms with van der Waals surface area (Å²) >= 11 is 0. The van der Waals surface area contributed by atoms with E-state index in [0.717, 1.165) is 48.8 Å². The minimum absolute atomic E-state index is 0.314. The van der Waals surface area contributed by atoms with Gasteiger partial charge in [0.15, 0.2) is 0 Å². The first kappa shape index (κ1) is 15.6. The molecule has 0 atom stereocenters. The third-order valence-corrected chi connectivity index (χ3v) is 4.46. The molecule has 3 N–H and O–H groups in total. The van der Waals surface area contributed by atoms with Gasteiger partial charge < -0.3 is 16.0 Å². The normalized spacial score (nSPS) is 14.5. The molecule has 2 heterocycles. The second-order valence-electron chi connectivity index (χ2n) is 6.12. The van der Waals surface area contributed by atoms with Crippen molar-refractivity contribution >= 4 is 11.8 Å². The maximum absolute atomic E-state index is 6.03. The largest absolute Gasteiger partial charge is 0.368 e. The first-order chi connectivity index (χ1) is 12.3. The molecule has 4 rings (SSSR count). The van der Waals surface area contributed by atoms with Crippen LogP contribution in [-0.4, -0.2) is 36.1 Å². The number of rotatable bonds is 3. The summed E-state index contributed by atoms with van der Waals surface area (Å²) in [6.07, 6.45) is 0. The highest BCUT2D eigenvalue weighted by atomic mass is 15.2. The molecule has 1 aliphatic heterocycles. The van der Waals surface area contributed by atoms with Crippen molar-refractivity contribution < 1.29 is 0 Å². The molecule has 126 valence electrons. The first-order valence-electron chi connectivity index (χ1n) is 8.56. The fourth-order valence-electron chi connectivity index (χ4n) is 3.22. The molecule has 0 spiro atoms. The van der Waals surface area contributed by atoms with Crippen LogP contribution in [0.5, 0.6) is 0 Å². The summed E-state index contributed by atoms with van der Waals surface area (Å²) in [5, 5.41) is 3.36. The molecule has 0 aliphatic carbocycles. The predicted molar refractivity (Wildman–Crippen MR) is 102 cm³/mol. The molecule has 1 fully saturated rings. The van der Waals surface area contributed by atoms with Crippen LogP contribution in [0.4, 0.5) is 11.8 Å². The molecule has 0 unspecified atom stereocenters. The Morgan fingerprint density at radius 3 is 2.28 bits per heavy atom. The van der Waals surface area contributed by atoms with Crippen molar-refractivity contribution in [2.24, 2.45) is 0 Å². The predicted octanol–water partition coefficient (Wildman–Crippen LogP) is 2.80. The van der Waals surface area contributed by atoms with Gasteiger partial charge >= 0.3 is 0 Å². The Bertz CT molecular complexity index is 857. The summed E-state index contributed by atoms with van der Waals surface area (Å²) < 4.78 is 0. The maximum atomic E-state index is 6.03. The van der Waals surface area contributed by atoms with Crippen molar-refractivity contribution in [3.8, 4) is 22.4 Å². The molecule has 1 aliphatic rings. The number of benzene rings is 2. The molecule has 5 heteroatoms. The highest BCUT2D eigenvalue weighted by molar-refractivity contribution is 5.82. The zero-order valence-electron chi connectivity index (χ0n) is 14.0. The average molecular weight is 331 g/mol. The number of hydrogen-bond acceptors (Lipinski definition) is 5. The van der Waals surface area contributed by atoms with Crippen molar-refractivity contribution in [1.82, 2.24) is 15.3 Å². The van der Waals surface area contributed by atoms with Gasteiger partial charge in [-0.2, -0.15) is 4.98 Å². The van der Waals surface area contributed by atoms with Gasteiger partial charge in [-0.1, -0.05) is 54.6 Å². The quantitative estimate of drug-likeness (QED) is 0.772. The van der Waals surface area contributed by atoms with Crippen molar-refractivity contribution in [2.75, 3.05) is 36.8 Å². The maximum Gasteiger partial charge on any atom is 0.222 e. The minimum atomic E-state index is 0.314. The number of hydrogen-bond donors (Lipinski definition) is 2. The second kappa shape index (κ2) is 6.91. The van der Waals surface area contributed by atoms with Crippen molar-refractivity contribution in [3.05, 3.63) is 60.7 Å². The summed E-state index contributed by atoms with van der Waals surface area (Å²) in [4.78, 5) is 11.2. The lowest BCUT2D eigenvalue weighted by Crippen LogP contribution is -2.44.